The van der Waals surface area contributed by atoms with Crippen molar-refractivity contribution in [3.8, 4) is 0 Å². The molecule has 1 spiro atoms. The lowest BCUT2D eigenvalue weighted by Crippen LogP contribution is -2.51. The van der Waals surface area contributed by atoms with Crippen molar-refractivity contribution in [2.75, 3.05) is 13.2 Å². The molecule has 25 heavy (non-hydrogen) atoms. The van der Waals surface area contributed by atoms with Crippen molar-refractivity contribution >= 4 is 23.4 Å². The van der Waals surface area contributed by atoms with E-state index in [2.05, 4.69) is 13.8 Å². The first kappa shape index (κ1) is 16.9. The zero-order valence-electron chi connectivity index (χ0n) is 14.6. The van der Waals surface area contributed by atoms with Crippen molar-refractivity contribution in [1.82, 2.24) is 9.80 Å². The number of ether oxygens (including phenoxy) is 1. The lowest BCUT2D eigenvalue weighted by molar-refractivity contribution is -0.141. The molecule has 5 nitrogen and oxygen atoms in total. The van der Waals surface area contributed by atoms with E-state index in [0.717, 1.165) is 5.56 Å². The molecule has 134 valence electrons. The van der Waals surface area contributed by atoms with Crippen LogP contribution < -0.4 is 0 Å². The van der Waals surface area contributed by atoms with Crippen LogP contribution >= 0.6 is 11.6 Å². The molecule has 0 N–H and O–H groups in total. The predicted molar refractivity (Wildman–Crippen MR) is 94.0 cm³/mol. The fraction of sp³-hybridized carbons (Fsp3) is 0.579. The van der Waals surface area contributed by atoms with Gasteiger partial charge < -0.3 is 14.5 Å². The van der Waals surface area contributed by atoms with E-state index in [-0.39, 0.29) is 23.9 Å². The maximum Gasteiger partial charge on any atom is 0.227 e. The Labute approximate surface area is 152 Å². The SMILES string of the molecule is CC(C)[C@@H]1CO[C@@]23CCN(C(=O)Cc4ccc(Cl)cc4)[C@@H]2CC(=O)N13. The summed E-state index contributed by atoms with van der Waals surface area (Å²) in [7, 11) is 0. The quantitative estimate of drug-likeness (QED) is 0.830. The van der Waals surface area contributed by atoms with Crippen LogP contribution in [0.2, 0.25) is 5.02 Å². The highest BCUT2D eigenvalue weighted by Gasteiger charge is 2.65. The highest BCUT2D eigenvalue weighted by atomic mass is 35.5. The predicted octanol–water partition coefficient (Wildman–Crippen LogP) is 2.47. The van der Waals surface area contributed by atoms with Gasteiger partial charge in [-0.05, 0) is 23.6 Å². The Morgan fingerprint density at radius 3 is 2.76 bits per heavy atom. The van der Waals surface area contributed by atoms with Gasteiger partial charge in [0, 0.05) is 18.0 Å². The third-order valence-electron chi connectivity index (χ3n) is 5.85. The zero-order valence-corrected chi connectivity index (χ0v) is 15.3. The average Bonchev–Trinajstić information content (AvgIpc) is 3.19. The summed E-state index contributed by atoms with van der Waals surface area (Å²) in [6.45, 7) is 5.45. The number of likely N-dealkylation sites (tertiary alicyclic amines) is 1. The Morgan fingerprint density at radius 1 is 1.36 bits per heavy atom. The monoisotopic (exact) mass is 362 g/mol. The lowest BCUT2D eigenvalue weighted by Gasteiger charge is -2.34. The molecular formula is C19H23ClN2O3. The first-order valence-corrected chi connectivity index (χ1v) is 9.30. The first-order chi connectivity index (χ1) is 11.9. The van der Waals surface area contributed by atoms with Gasteiger partial charge in [-0.3, -0.25) is 9.59 Å². The Kier molecular flexibility index (Phi) is 4.04. The lowest BCUT2D eigenvalue weighted by atomic mass is 10.0. The van der Waals surface area contributed by atoms with Gasteiger partial charge >= 0.3 is 0 Å². The molecule has 6 heteroatoms. The van der Waals surface area contributed by atoms with Gasteiger partial charge in [-0.15, -0.1) is 0 Å². The second kappa shape index (κ2) is 5.99. The topological polar surface area (TPSA) is 49.9 Å². The summed E-state index contributed by atoms with van der Waals surface area (Å²) in [5.74, 6) is 0.515. The van der Waals surface area contributed by atoms with Crippen molar-refractivity contribution in [3.05, 3.63) is 34.9 Å². The van der Waals surface area contributed by atoms with E-state index in [0.29, 0.717) is 43.4 Å². The summed E-state index contributed by atoms with van der Waals surface area (Å²) in [5, 5.41) is 0.660. The zero-order chi connectivity index (χ0) is 17.8. The van der Waals surface area contributed by atoms with Crippen LogP contribution in [0.5, 0.6) is 0 Å². The number of halogens is 1. The molecular weight excluding hydrogens is 340 g/mol. The van der Waals surface area contributed by atoms with Crippen LogP contribution in [-0.4, -0.2) is 52.6 Å². The maximum atomic E-state index is 12.9. The van der Waals surface area contributed by atoms with Gasteiger partial charge in [0.15, 0.2) is 5.72 Å². The minimum Gasteiger partial charge on any atom is -0.351 e. The van der Waals surface area contributed by atoms with Gasteiger partial charge in [0.25, 0.3) is 0 Å². The average molecular weight is 363 g/mol. The standard InChI is InChI=1S/C19H23ClN2O3/c1-12(2)15-11-25-19-7-8-21(16(19)10-18(24)22(15)19)17(23)9-13-3-5-14(20)6-4-13/h3-6,12,15-16H,7-11H2,1-2H3/t15-,16+,19-/m0/s1. The van der Waals surface area contributed by atoms with E-state index in [1.54, 1.807) is 12.1 Å². The van der Waals surface area contributed by atoms with E-state index in [1.807, 2.05) is 21.9 Å². The molecule has 1 aromatic carbocycles. The molecule has 3 fully saturated rings. The first-order valence-electron chi connectivity index (χ1n) is 8.92. The highest BCUT2D eigenvalue weighted by molar-refractivity contribution is 6.30. The van der Waals surface area contributed by atoms with E-state index >= 15 is 0 Å². The Hall–Kier alpha value is -1.59. The molecule has 3 saturated heterocycles. The number of rotatable bonds is 3. The summed E-state index contributed by atoms with van der Waals surface area (Å²) >= 11 is 5.91. The van der Waals surface area contributed by atoms with Crippen LogP contribution in [0.4, 0.5) is 0 Å². The van der Waals surface area contributed by atoms with Gasteiger partial charge in [0.1, 0.15) is 0 Å². The third-order valence-corrected chi connectivity index (χ3v) is 6.10. The molecule has 3 aliphatic heterocycles. The van der Waals surface area contributed by atoms with Crippen LogP contribution in [0.3, 0.4) is 0 Å². The summed E-state index contributed by atoms with van der Waals surface area (Å²) in [4.78, 5) is 29.3. The van der Waals surface area contributed by atoms with E-state index in [1.165, 1.54) is 0 Å². The molecule has 0 aromatic heterocycles. The van der Waals surface area contributed by atoms with Gasteiger partial charge in [-0.25, -0.2) is 0 Å². The smallest absolute Gasteiger partial charge is 0.227 e. The number of hydrogen-bond acceptors (Lipinski definition) is 3. The van der Waals surface area contributed by atoms with Crippen LogP contribution in [0.25, 0.3) is 0 Å². The Bertz CT molecular complexity index is 705. The minimum atomic E-state index is -0.596. The molecule has 3 heterocycles. The van der Waals surface area contributed by atoms with Crippen molar-refractivity contribution in [1.29, 1.82) is 0 Å². The molecule has 4 rings (SSSR count). The highest BCUT2D eigenvalue weighted by Crippen LogP contribution is 2.48. The number of carbonyl (C=O) groups is 2. The third kappa shape index (κ3) is 2.56. The Morgan fingerprint density at radius 2 is 2.08 bits per heavy atom. The van der Waals surface area contributed by atoms with Gasteiger partial charge in [0.05, 0.1) is 31.5 Å². The van der Waals surface area contributed by atoms with E-state index in [4.69, 9.17) is 16.3 Å². The maximum absolute atomic E-state index is 12.9. The normalized spacial score (nSPS) is 31.0. The molecule has 0 bridgehead atoms. The van der Waals surface area contributed by atoms with Gasteiger partial charge in [-0.1, -0.05) is 37.6 Å². The van der Waals surface area contributed by atoms with Gasteiger partial charge in [-0.2, -0.15) is 0 Å². The number of amides is 2. The van der Waals surface area contributed by atoms with Crippen molar-refractivity contribution in [2.24, 2.45) is 5.92 Å². The fourth-order valence-corrected chi connectivity index (χ4v) is 4.67. The van der Waals surface area contributed by atoms with Crippen LogP contribution in [0, 0.1) is 5.92 Å². The fourth-order valence-electron chi connectivity index (χ4n) is 4.55. The number of benzene rings is 1. The molecule has 1 aromatic rings. The second-order valence-electron chi connectivity index (χ2n) is 7.59. The molecule has 0 radical (unpaired) electrons. The molecule has 0 unspecified atom stereocenters. The van der Waals surface area contributed by atoms with Crippen molar-refractivity contribution in [2.45, 2.75) is 50.9 Å². The summed E-state index contributed by atoms with van der Waals surface area (Å²) in [6.07, 6.45) is 1.40. The minimum absolute atomic E-state index is 0.0513. The summed E-state index contributed by atoms with van der Waals surface area (Å²) < 4.78 is 6.17. The van der Waals surface area contributed by atoms with Crippen LogP contribution in [-0.2, 0) is 20.7 Å². The summed E-state index contributed by atoms with van der Waals surface area (Å²) in [5.41, 5.74) is 0.339. The van der Waals surface area contributed by atoms with Crippen molar-refractivity contribution in [3.63, 3.8) is 0 Å². The molecule has 3 atom stereocenters. The largest absolute Gasteiger partial charge is 0.351 e. The van der Waals surface area contributed by atoms with Crippen LogP contribution in [0.1, 0.15) is 32.3 Å². The van der Waals surface area contributed by atoms with Crippen LogP contribution in [0.15, 0.2) is 24.3 Å². The Balaban J connectivity index is 1.54. The number of carbonyl (C=O) groups excluding carboxylic acids is 2. The van der Waals surface area contributed by atoms with E-state index < -0.39 is 5.72 Å². The second-order valence-corrected chi connectivity index (χ2v) is 8.03. The molecule has 3 aliphatic rings. The summed E-state index contributed by atoms with van der Waals surface area (Å²) in [6, 6.07) is 7.29. The molecule has 0 saturated carbocycles. The number of nitrogens with zero attached hydrogens (tertiary/aromatic N) is 2. The van der Waals surface area contributed by atoms with Crippen molar-refractivity contribution < 1.29 is 14.3 Å². The molecule has 2 amide bonds. The van der Waals surface area contributed by atoms with E-state index in [9.17, 15) is 9.59 Å². The molecule has 0 aliphatic carbocycles. The number of hydrogen-bond donors (Lipinski definition) is 0. The van der Waals surface area contributed by atoms with Gasteiger partial charge in [0.2, 0.25) is 11.8 Å².